The van der Waals surface area contributed by atoms with Crippen molar-refractivity contribution >= 4 is 10.0 Å². The third-order valence-corrected chi connectivity index (χ3v) is 5.71. The molecule has 0 radical (unpaired) electrons. The SMILES string of the molecule is CCCC(CCC)[C@@H](C)NS(=O)(=O)c1ccc(C)c(C)c1. The fourth-order valence-corrected chi connectivity index (χ4v) is 4.07. The molecule has 0 aliphatic carbocycles. The highest BCUT2D eigenvalue weighted by Crippen LogP contribution is 2.21. The Balaban J connectivity index is 2.89. The zero-order valence-electron chi connectivity index (χ0n) is 13.9. The van der Waals surface area contributed by atoms with Crippen molar-refractivity contribution in [2.24, 2.45) is 5.92 Å². The monoisotopic (exact) mass is 311 g/mol. The van der Waals surface area contributed by atoms with Gasteiger partial charge in [-0.25, -0.2) is 13.1 Å². The quantitative estimate of drug-likeness (QED) is 0.782. The molecular formula is C17H29NO2S. The highest BCUT2D eigenvalue weighted by molar-refractivity contribution is 7.89. The van der Waals surface area contributed by atoms with Crippen molar-refractivity contribution in [3.63, 3.8) is 0 Å². The van der Waals surface area contributed by atoms with Gasteiger partial charge in [-0.15, -0.1) is 0 Å². The third kappa shape index (κ3) is 5.11. The summed E-state index contributed by atoms with van der Waals surface area (Å²) in [6, 6.07) is 5.27. The molecule has 0 heterocycles. The van der Waals surface area contributed by atoms with Crippen LogP contribution in [0.2, 0.25) is 0 Å². The van der Waals surface area contributed by atoms with Gasteiger partial charge >= 0.3 is 0 Å². The van der Waals surface area contributed by atoms with Crippen LogP contribution in [0.25, 0.3) is 0 Å². The van der Waals surface area contributed by atoms with Crippen LogP contribution >= 0.6 is 0 Å². The molecule has 0 saturated heterocycles. The van der Waals surface area contributed by atoms with E-state index in [1.165, 1.54) is 0 Å². The van der Waals surface area contributed by atoms with Gasteiger partial charge in [0.15, 0.2) is 0 Å². The first-order valence-electron chi connectivity index (χ1n) is 7.91. The van der Waals surface area contributed by atoms with Crippen LogP contribution in [0.3, 0.4) is 0 Å². The van der Waals surface area contributed by atoms with E-state index in [4.69, 9.17) is 0 Å². The van der Waals surface area contributed by atoms with Crippen LogP contribution in [0.4, 0.5) is 0 Å². The van der Waals surface area contributed by atoms with Crippen LogP contribution in [0.1, 0.15) is 57.6 Å². The van der Waals surface area contributed by atoms with Crippen molar-refractivity contribution < 1.29 is 8.42 Å². The van der Waals surface area contributed by atoms with Crippen molar-refractivity contribution in [3.8, 4) is 0 Å². The van der Waals surface area contributed by atoms with Gasteiger partial charge in [-0.05, 0) is 62.8 Å². The van der Waals surface area contributed by atoms with Crippen LogP contribution in [0.15, 0.2) is 23.1 Å². The van der Waals surface area contributed by atoms with E-state index >= 15 is 0 Å². The smallest absolute Gasteiger partial charge is 0.208 e. The van der Waals surface area contributed by atoms with Crippen LogP contribution in [0.5, 0.6) is 0 Å². The molecular weight excluding hydrogens is 282 g/mol. The van der Waals surface area contributed by atoms with Crippen LogP contribution in [-0.4, -0.2) is 14.5 Å². The van der Waals surface area contributed by atoms with E-state index in [9.17, 15) is 8.42 Å². The van der Waals surface area contributed by atoms with Gasteiger partial charge in [-0.1, -0.05) is 32.8 Å². The van der Waals surface area contributed by atoms with Gasteiger partial charge in [0.1, 0.15) is 0 Å². The van der Waals surface area contributed by atoms with Gasteiger partial charge in [0.05, 0.1) is 4.90 Å². The van der Waals surface area contributed by atoms with E-state index in [1.807, 2.05) is 26.8 Å². The number of nitrogens with one attached hydrogen (secondary N) is 1. The molecule has 1 aromatic carbocycles. The van der Waals surface area contributed by atoms with Crippen molar-refractivity contribution in [1.82, 2.24) is 4.72 Å². The van der Waals surface area contributed by atoms with Gasteiger partial charge in [-0.3, -0.25) is 0 Å². The van der Waals surface area contributed by atoms with E-state index in [0.29, 0.717) is 10.8 Å². The zero-order valence-corrected chi connectivity index (χ0v) is 14.8. The molecule has 1 aromatic rings. The standard InChI is InChI=1S/C17H29NO2S/c1-6-8-16(9-7-2)15(5)18-21(19,20)17-11-10-13(3)14(4)12-17/h10-12,15-16,18H,6-9H2,1-5H3/t15-/m1/s1. The molecule has 0 bridgehead atoms. The van der Waals surface area contributed by atoms with Crippen LogP contribution < -0.4 is 4.72 Å². The van der Waals surface area contributed by atoms with Crippen LogP contribution in [-0.2, 0) is 10.0 Å². The minimum Gasteiger partial charge on any atom is -0.208 e. The number of hydrogen-bond donors (Lipinski definition) is 1. The van der Waals surface area contributed by atoms with E-state index in [1.54, 1.807) is 12.1 Å². The van der Waals surface area contributed by atoms with E-state index in [-0.39, 0.29) is 6.04 Å². The molecule has 1 rings (SSSR count). The molecule has 0 fully saturated rings. The number of benzene rings is 1. The lowest BCUT2D eigenvalue weighted by Crippen LogP contribution is -2.38. The Hall–Kier alpha value is -0.870. The fraction of sp³-hybridized carbons (Fsp3) is 0.647. The Labute approximate surface area is 130 Å². The van der Waals surface area contributed by atoms with E-state index in [2.05, 4.69) is 18.6 Å². The molecule has 1 N–H and O–H groups in total. The van der Waals surface area contributed by atoms with Crippen molar-refractivity contribution in [2.75, 3.05) is 0 Å². The molecule has 0 aromatic heterocycles. The van der Waals surface area contributed by atoms with Gasteiger partial charge in [0.25, 0.3) is 0 Å². The first-order chi connectivity index (χ1) is 9.81. The summed E-state index contributed by atoms with van der Waals surface area (Å²) in [5.41, 5.74) is 2.11. The van der Waals surface area contributed by atoms with Gasteiger partial charge in [0.2, 0.25) is 10.0 Å². The van der Waals surface area contributed by atoms with Crippen molar-refractivity contribution in [1.29, 1.82) is 0 Å². The Kier molecular flexibility index (Phi) is 6.88. The maximum absolute atomic E-state index is 12.5. The Morgan fingerprint density at radius 3 is 2.10 bits per heavy atom. The summed E-state index contributed by atoms with van der Waals surface area (Å²) < 4.78 is 27.9. The maximum atomic E-state index is 12.5. The second kappa shape index (κ2) is 7.95. The summed E-state index contributed by atoms with van der Waals surface area (Å²) >= 11 is 0. The van der Waals surface area contributed by atoms with Gasteiger partial charge in [0, 0.05) is 6.04 Å². The normalized spacial score (nSPS) is 13.6. The number of hydrogen-bond acceptors (Lipinski definition) is 2. The number of sulfonamides is 1. The molecule has 0 aliphatic heterocycles. The van der Waals surface area contributed by atoms with Crippen LogP contribution in [0, 0.1) is 19.8 Å². The largest absolute Gasteiger partial charge is 0.240 e. The summed E-state index contributed by atoms with van der Waals surface area (Å²) in [7, 11) is -3.43. The highest BCUT2D eigenvalue weighted by Gasteiger charge is 2.23. The molecule has 1 atom stereocenters. The maximum Gasteiger partial charge on any atom is 0.240 e. The minimum atomic E-state index is -3.43. The van der Waals surface area contributed by atoms with E-state index in [0.717, 1.165) is 36.8 Å². The molecule has 4 heteroatoms. The summed E-state index contributed by atoms with van der Waals surface area (Å²) in [4.78, 5) is 0.365. The molecule has 120 valence electrons. The third-order valence-electron chi connectivity index (χ3n) is 4.16. The number of rotatable bonds is 8. The first-order valence-corrected chi connectivity index (χ1v) is 9.39. The molecule has 3 nitrogen and oxygen atoms in total. The predicted molar refractivity (Wildman–Crippen MR) is 89.0 cm³/mol. The highest BCUT2D eigenvalue weighted by atomic mass is 32.2. The molecule has 0 amide bonds. The van der Waals surface area contributed by atoms with E-state index < -0.39 is 10.0 Å². The molecule has 21 heavy (non-hydrogen) atoms. The lowest BCUT2D eigenvalue weighted by molar-refractivity contribution is 0.358. The summed E-state index contributed by atoms with van der Waals surface area (Å²) in [5.74, 6) is 0.404. The number of aryl methyl sites for hydroxylation is 2. The fourth-order valence-electron chi connectivity index (χ4n) is 2.68. The Morgan fingerprint density at radius 1 is 1.05 bits per heavy atom. The summed E-state index contributed by atoms with van der Waals surface area (Å²) in [6.45, 7) is 10.2. The van der Waals surface area contributed by atoms with Gasteiger partial charge < -0.3 is 0 Å². The van der Waals surface area contributed by atoms with Crippen molar-refractivity contribution in [3.05, 3.63) is 29.3 Å². The summed E-state index contributed by atoms with van der Waals surface area (Å²) in [5, 5.41) is 0. The Morgan fingerprint density at radius 2 is 1.62 bits per heavy atom. The molecule has 0 spiro atoms. The lowest BCUT2D eigenvalue weighted by Gasteiger charge is -2.24. The van der Waals surface area contributed by atoms with Gasteiger partial charge in [-0.2, -0.15) is 0 Å². The first kappa shape index (κ1) is 18.2. The predicted octanol–water partition coefficient (Wildman–Crippen LogP) is 4.19. The lowest BCUT2D eigenvalue weighted by atomic mass is 9.92. The Bertz CT molecular complexity index is 546. The summed E-state index contributed by atoms with van der Waals surface area (Å²) in [6.07, 6.45) is 4.29. The molecule has 0 unspecified atom stereocenters. The molecule has 0 saturated carbocycles. The topological polar surface area (TPSA) is 46.2 Å². The minimum absolute atomic E-state index is 0.0310. The second-order valence-corrected chi connectivity index (χ2v) is 7.71. The van der Waals surface area contributed by atoms with Crippen molar-refractivity contribution in [2.45, 2.75) is 71.2 Å². The zero-order chi connectivity index (χ0) is 16.0. The molecule has 0 aliphatic rings. The average Bonchev–Trinajstić information content (AvgIpc) is 2.41. The second-order valence-electron chi connectivity index (χ2n) is 5.99. The average molecular weight is 311 g/mol.